The van der Waals surface area contributed by atoms with E-state index in [0.29, 0.717) is 5.58 Å². The normalized spacial score (nSPS) is 17.3. The van der Waals surface area contributed by atoms with E-state index in [2.05, 4.69) is 5.32 Å². The lowest BCUT2D eigenvalue weighted by Gasteiger charge is -2.29. The molecule has 0 radical (unpaired) electrons. The average Bonchev–Trinajstić information content (AvgIpc) is 3.10. The summed E-state index contributed by atoms with van der Waals surface area (Å²) in [7, 11) is -3.06. The highest BCUT2D eigenvalue weighted by Gasteiger charge is 2.28. The first-order chi connectivity index (χ1) is 13.8. The van der Waals surface area contributed by atoms with Crippen molar-refractivity contribution in [3.63, 3.8) is 0 Å². The molecule has 7 nitrogen and oxygen atoms in total. The zero-order chi connectivity index (χ0) is 20.6. The molecule has 1 aliphatic heterocycles. The third kappa shape index (κ3) is 3.98. The second-order valence-corrected chi connectivity index (χ2v) is 9.67. The molecule has 1 aliphatic rings. The van der Waals surface area contributed by atoms with E-state index < -0.39 is 15.9 Å². The van der Waals surface area contributed by atoms with Crippen molar-refractivity contribution in [2.45, 2.75) is 19.4 Å². The zero-order valence-corrected chi connectivity index (χ0v) is 16.9. The minimum absolute atomic E-state index is 0.0342. The molecule has 2 heterocycles. The van der Waals surface area contributed by atoms with Gasteiger partial charge in [0.25, 0.3) is 0 Å². The molecular formula is C21H22N2O5S. The van der Waals surface area contributed by atoms with E-state index >= 15 is 0 Å². The first-order valence-corrected chi connectivity index (χ1v) is 11.3. The molecule has 152 valence electrons. The van der Waals surface area contributed by atoms with Crippen LogP contribution < -0.4 is 5.32 Å². The molecule has 1 unspecified atom stereocenters. The van der Waals surface area contributed by atoms with Gasteiger partial charge in [-0.05, 0) is 23.8 Å². The summed E-state index contributed by atoms with van der Waals surface area (Å²) in [5.74, 6) is -0.622. The van der Waals surface area contributed by atoms with Gasteiger partial charge >= 0.3 is 0 Å². The third-order valence-corrected chi connectivity index (χ3v) is 6.90. The van der Waals surface area contributed by atoms with Gasteiger partial charge in [-0.1, -0.05) is 30.3 Å². The molecule has 8 heteroatoms. The molecule has 1 fully saturated rings. The number of nitrogens with zero attached hydrogens (tertiary/aromatic N) is 1. The minimum Gasteiger partial charge on any atom is -0.464 e. The molecule has 0 saturated carbocycles. The van der Waals surface area contributed by atoms with E-state index in [4.69, 9.17) is 4.42 Å². The van der Waals surface area contributed by atoms with E-state index in [9.17, 15) is 18.0 Å². The van der Waals surface area contributed by atoms with Gasteiger partial charge in [0.1, 0.15) is 11.6 Å². The highest BCUT2D eigenvalue weighted by molar-refractivity contribution is 7.91. The summed E-state index contributed by atoms with van der Waals surface area (Å²) in [6.45, 7) is 1.95. The number of hydrogen-bond acceptors (Lipinski definition) is 5. The van der Waals surface area contributed by atoms with Crippen molar-refractivity contribution in [1.82, 2.24) is 10.2 Å². The maximum absolute atomic E-state index is 12.6. The highest BCUT2D eigenvalue weighted by Crippen LogP contribution is 2.30. The van der Waals surface area contributed by atoms with Crippen LogP contribution in [0.25, 0.3) is 21.7 Å². The molecule has 2 aromatic carbocycles. The molecule has 1 saturated heterocycles. The number of carbonyl (C=O) groups is 2. The van der Waals surface area contributed by atoms with Crippen LogP contribution in [0.5, 0.6) is 0 Å². The summed E-state index contributed by atoms with van der Waals surface area (Å²) in [6.07, 6.45) is 1.67. The second kappa shape index (κ2) is 7.51. The van der Waals surface area contributed by atoms with E-state index in [0.717, 1.165) is 21.7 Å². The van der Waals surface area contributed by atoms with Gasteiger partial charge < -0.3 is 14.6 Å². The molecule has 1 N–H and O–H groups in total. The lowest BCUT2D eigenvalue weighted by atomic mass is 10.0. The van der Waals surface area contributed by atoms with E-state index in [1.54, 1.807) is 13.2 Å². The number of fused-ring (bicyclic) bond motifs is 3. The Labute approximate surface area is 168 Å². The molecule has 1 atom stereocenters. The lowest BCUT2D eigenvalue weighted by Crippen LogP contribution is -2.51. The Morgan fingerprint density at radius 3 is 2.62 bits per heavy atom. The quantitative estimate of drug-likeness (QED) is 0.703. The minimum atomic E-state index is -3.06. The fraction of sp³-hybridized carbons (Fsp3) is 0.333. The van der Waals surface area contributed by atoms with Gasteiger partial charge in [-0.15, -0.1) is 0 Å². The van der Waals surface area contributed by atoms with Crippen molar-refractivity contribution in [3.8, 4) is 0 Å². The summed E-state index contributed by atoms with van der Waals surface area (Å²) in [5.41, 5.74) is 1.48. The first-order valence-electron chi connectivity index (χ1n) is 9.50. The lowest BCUT2D eigenvalue weighted by molar-refractivity contribution is -0.135. The predicted octanol–water partition coefficient (Wildman–Crippen LogP) is 1.89. The molecular weight excluding hydrogens is 392 g/mol. The third-order valence-electron chi connectivity index (χ3n) is 5.30. The van der Waals surface area contributed by atoms with Gasteiger partial charge in [0.2, 0.25) is 11.8 Å². The predicted molar refractivity (Wildman–Crippen MR) is 110 cm³/mol. The molecule has 3 aromatic rings. The Balaban J connectivity index is 1.46. The van der Waals surface area contributed by atoms with Gasteiger partial charge in [-0.25, -0.2) is 8.42 Å². The number of sulfone groups is 1. The molecule has 1 aromatic heterocycles. The van der Waals surface area contributed by atoms with Crippen LogP contribution in [0.3, 0.4) is 0 Å². The van der Waals surface area contributed by atoms with Crippen LogP contribution in [-0.4, -0.2) is 55.8 Å². The monoisotopic (exact) mass is 414 g/mol. The van der Waals surface area contributed by atoms with Crippen molar-refractivity contribution in [2.24, 2.45) is 0 Å². The Morgan fingerprint density at radius 2 is 1.86 bits per heavy atom. The van der Waals surface area contributed by atoms with Crippen LogP contribution in [0.4, 0.5) is 0 Å². The maximum atomic E-state index is 12.6. The average molecular weight is 414 g/mol. The SMILES string of the molecule is CC(NC(=O)Cc1coc2ccc3ccccc3c12)C(=O)N1CCS(=O)(=O)CC1. The van der Waals surface area contributed by atoms with E-state index in [-0.39, 0.29) is 42.8 Å². The molecule has 4 rings (SSSR count). The maximum Gasteiger partial charge on any atom is 0.244 e. The summed E-state index contributed by atoms with van der Waals surface area (Å²) < 4.78 is 28.7. The van der Waals surface area contributed by atoms with Crippen molar-refractivity contribution >= 4 is 43.4 Å². The highest BCUT2D eigenvalue weighted by atomic mass is 32.2. The number of benzene rings is 2. The molecule has 29 heavy (non-hydrogen) atoms. The Bertz CT molecular complexity index is 1180. The fourth-order valence-electron chi connectivity index (χ4n) is 3.74. The smallest absolute Gasteiger partial charge is 0.244 e. The van der Waals surface area contributed by atoms with Crippen LogP contribution in [0, 0.1) is 0 Å². The van der Waals surface area contributed by atoms with Gasteiger partial charge in [0.05, 0.1) is 24.2 Å². The van der Waals surface area contributed by atoms with Crippen LogP contribution in [0.2, 0.25) is 0 Å². The second-order valence-electron chi connectivity index (χ2n) is 7.36. The standard InChI is InChI=1S/C21H22N2O5S/c1-14(21(25)23-8-10-29(26,27)11-9-23)22-19(24)12-16-13-28-18-7-6-15-4-2-3-5-17(15)20(16)18/h2-7,13-14H,8-12H2,1H3,(H,22,24). The Kier molecular flexibility index (Phi) is 5.04. The van der Waals surface area contributed by atoms with Crippen LogP contribution >= 0.6 is 0 Å². The van der Waals surface area contributed by atoms with Crippen molar-refractivity contribution in [2.75, 3.05) is 24.6 Å². The van der Waals surface area contributed by atoms with Crippen molar-refractivity contribution < 1.29 is 22.4 Å². The Hall–Kier alpha value is -2.87. The number of amides is 2. The molecule has 0 bridgehead atoms. The van der Waals surface area contributed by atoms with Gasteiger partial charge in [-0.3, -0.25) is 9.59 Å². The topological polar surface area (TPSA) is 96.7 Å². The number of hydrogen-bond donors (Lipinski definition) is 1. The summed E-state index contributed by atoms with van der Waals surface area (Å²) in [4.78, 5) is 26.6. The number of carbonyl (C=O) groups excluding carboxylic acids is 2. The molecule has 0 aliphatic carbocycles. The molecule has 0 spiro atoms. The van der Waals surface area contributed by atoms with Crippen molar-refractivity contribution in [3.05, 3.63) is 48.2 Å². The largest absolute Gasteiger partial charge is 0.464 e. The summed E-state index contributed by atoms with van der Waals surface area (Å²) >= 11 is 0. The first kappa shape index (κ1) is 19.4. The number of furan rings is 1. The van der Waals surface area contributed by atoms with Crippen LogP contribution in [0.1, 0.15) is 12.5 Å². The van der Waals surface area contributed by atoms with Crippen LogP contribution in [-0.2, 0) is 25.8 Å². The zero-order valence-electron chi connectivity index (χ0n) is 16.1. The van der Waals surface area contributed by atoms with E-state index in [1.165, 1.54) is 4.90 Å². The van der Waals surface area contributed by atoms with E-state index in [1.807, 2.05) is 36.4 Å². The van der Waals surface area contributed by atoms with Crippen LogP contribution in [0.15, 0.2) is 47.1 Å². The number of rotatable bonds is 4. The number of nitrogens with one attached hydrogen (secondary N) is 1. The van der Waals surface area contributed by atoms with Gasteiger partial charge in [0, 0.05) is 24.0 Å². The molecule has 2 amide bonds. The summed E-state index contributed by atoms with van der Waals surface area (Å²) in [6, 6.07) is 11.0. The van der Waals surface area contributed by atoms with Gasteiger partial charge in [-0.2, -0.15) is 0 Å². The Morgan fingerprint density at radius 1 is 1.14 bits per heavy atom. The summed E-state index contributed by atoms with van der Waals surface area (Å²) in [5, 5.41) is 5.70. The van der Waals surface area contributed by atoms with Gasteiger partial charge in [0.15, 0.2) is 9.84 Å². The van der Waals surface area contributed by atoms with Crippen molar-refractivity contribution in [1.29, 1.82) is 0 Å². The fourth-order valence-corrected chi connectivity index (χ4v) is 4.94.